The van der Waals surface area contributed by atoms with Gasteiger partial charge in [0.2, 0.25) is 15.9 Å². The second kappa shape index (κ2) is 9.06. The quantitative estimate of drug-likeness (QED) is 0.386. The number of anilines is 1. The van der Waals surface area contributed by atoms with E-state index in [1.807, 2.05) is 25.1 Å². The fourth-order valence-corrected chi connectivity index (χ4v) is 6.13. The molecule has 168 valence electrons. The molecule has 32 heavy (non-hydrogen) atoms. The van der Waals surface area contributed by atoms with Crippen LogP contribution >= 0.6 is 23.1 Å². The Hall–Kier alpha value is -2.67. The summed E-state index contributed by atoms with van der Waals surface area (Å²) < 4.78 is 43.2. The number of aromatic nitrogens is 3. The zero-order chi connectivity index (χ0) is 22.9. The number of nitrogens with one attached hydrogen (secondary N) is 2. The van der Waals surface area contributed by atoms with E-state index in [1.54, 1.807) is 26.0 Å². The van der Waals surface area contributed by atoms with E-state index in [2.05, 4.69) is 23.8 Å². The van der Waals surface area contributed by atoms with Crippen LogP contribution in [0.4, 0.5) is 5.13 Å². The standard InChI is InChI=1S/C20H21N5O4S3/c1-4-29-12-8-9-13-15(10-12)30-20(21-13)22-19(26)17(11(2)3)25-32(27,28)16-7-5-6-14-18(16)24-31-23-14/h5-11,17,25H,4H2,1-3H3,(H,21,22,26)/t17-/m0/s1. The van der Waals surface area contributed by atoms with E-state index < -0.39 is 22.0 Å². The van der Waals surface area contributed by atoms with Gasteiger partial charge >= 0.3 is 0 Å². The number of carbonyl (C=O) groups is 1. The summed E-state index contributed by atoms with van der Waals surface area (Å²) in [6.07, 6.45) is 0. The molecule has 2 heterocycles. The van der Waals surface area contributed by atoms with E-state index >= 15 is 0 Å². The Kier molecular flexibility index (Phi) is 6.38. The third-order valence-corrected chi connectivity index (χ3v) is 7.62. The molecule has 0 spiro atoms. The Bertz CT molecular complexity index is 1380. The molecule has 0 bridgehead atoms. The maximum atomic E-state index is 13.1. The first-order chi connectivity index (χ1) is 15.3. The molecule has 0 saturated carbocycles. The molecule has 0 aliphatic carbocycles. The van der Waals surface area contributed by atoms with Crippen molar-refractivity contribution in [2.75, 3.05) is 11.9 Å². The van der Waals surface area contributed by atoms with E-state index in [9.17, 15) is 13.2 Å². The highest BCUT2D eigenvalue weighted by atomic mass is 32.2. The Morgan fingerprint density at radius 2 is 1.97 bits per heavy atom. The highest BCUT2D eigenvalue weighted by molar-refractivity contribution is 7.89. The lowest BCUT2D eigenvalue weighted by atomic mass is 10.1. The summed E-state index contributed by atoms with van der Waals surface area (Å²) in [5.74, 6) is -0.0761. The third-order valence-electron chi connectivity index (χ3n) is 4.67. The Morgan fingerprint density at radius 3 is 2.72 bits per heavy atom. The van der Waals surface area contributed by atoms with E-state index in [0.717, 1.165) is 27.7 Å². The number of carbonyl (C=O) groups excluding carboxylic acids is 1. The van der Waals surface area contributed by atoms with Crippen molar-refractivity contribution in [3.8, 4) is 5.75 Å². The summed E-state index contributed by atoms with van der Waals surface area (Å²) in [6, 6.07) is 9.22. The van der Waals surface area contributed by atoms with Crippen molar-refractivity contribution in [1.29, 1.82) is 0 Å². The third kappa shape index (κ3) is 4.58. The summed E-state index contributed by atoms with van der Waals surface area (Å²) in [6.45, 7) is 5.99. The SMILES string of the molecule is CCOc1ccc2nc(NC(=O)[C@@H](NS(=O)(=O)c3cccc4nsnc34)C(C)C)sc2c1. The van der Waals surface area contributed by atoms with Gasteiger partial charge in [-0.2, -0.15) is 13.5 Å². The maximum Gasteiger partial charge on any atom is 0.244 e. The molecule has 12 heteroatoms. The lowest BCUT2D eigenvalue weighted by Crippen LogP contribution is -2.47. The first kappa shape index (κ1) is 22.5. The summed E-state index contributed by atoms with van der Waals surface area (Å²) in [7, 11) is -4.02. The van der Waals surface area contributed by atoms with Crippen LogP contribution in [0.3, 0.4) is 0 Å². The van der Waals surface area contributed by atoms with Gasteiger partial charge in [-0.3, -0.25) is 4.79 Å². The van der Waals surface area contributed by atoms with Crippen LogP contribution in [0.25, 0.3) is 21.3 Å². The Balaban J connectivity index is 1.57. The molecule has 4 rings (SSSR count). The molecule has 1 amide bonds. The van der Waals surface area contributed by atoms with Crippen LogP contribution < -0.4 is 14.8 Å². The molecule has 9 nitrogen and oxygen atoms in total. The topological polar surface area (TPSA) is 123 Å². The molecule has 4 aromatic rings. The van der Waals surface area contributed by atoms with Gasteiger partial charge in [-0.1, -0.05) is 31.3 Å². The fourth-order valence-electron chi connectivity index (χ4n) is 3.12. The molecule has 0 aliphatic heterocycles. The van der Waals surface area contributed by atoms with Gasteiger partial charge in [0.1, 0.15) is 27.7 Å². The lowest BCUT2D eigenvalue weighted by Gasteiger charge is -2.21. The van der Waals surface area contributed by atoms with Crippen molar-refractivity contribution < 1.29 is 17.9 Å². The predicted molar refractivity (Wildman–Crippen MR) is 126 cm³/mol. The molecule has 0 unspecified atom stereocenters. The van der Waals surface area contributed by atoms with Crippen LogP contribution in [0.15, 0.2) is 41.3 Å². The van der Waals surface area contributed by atoms with Crippen LogP contribution in [0.2, 0.25) is 0 Å². The molecule has 0 radical (unpaired) electrons. The van der Waals surface area contributed by atoms with Crippen molar-refractivity contribution in [2.45, 2.75) is 31.7 Å². The minimum absolute atomic E-state index is 0.00867. The fraction of sp³-hybridized carbons (Fsp3) is 0.300. The first-order valence-electron chi connectivity index (χ1n) is 9.86. The predicted octanol–water partition coefficient (Wildman–Crippen LogP) is 3.64. The summed E-state index contributed by atoms with van der Waals surface area (Å²) in [4.78, 5) is 17.4. The summed E-state index contributed by atoms with van der Waals surface area (Å²) in [5, 5.41) is 3.13. The van der Waals surface area contributed by atoms with E-state index in [0.29, 0.717) is 17.3 Å². The molecular formula is C20H21N5O4S3. The van der Waals surface area contributed by atoms with Crippen molar-refractivity contribution in [1.82, 2.24) is 18.5 Å². The molecule has 2 aromatic carbocycles. The molecule has 2 aromatic heterocycles. The molecule has 0 saturated heterocycles. The molecule has 0 fully saturated rings. The number of fused-ring (bicyclic) bond motifs is 2. The van der Waals surface area contributed by atoms with Gasteiger partial charge in [0, 0.05) is 0 Å². The van der Waals surface area contributed by atoms with Gasteiger partial charge in [-0.25, -0.2) is 13.4 Å². The Morgan fingerprint density at radius 1 is 1.16 bits per heavy atom. The van der Waals surface area contributed by atoms with Crippen molar-refractivity contribution in [3.63, 3.8) is 0 Å². The maximum absolute atomic E-state index is 13.1. The summed E-state index contributed by atoms with van der Waals surface area (Å²) >= 11 is 2.23. The number of hydrogen-bond acceptors (Lipinski definition) is 9. The minimum Gasteiger partial charge on any atom is -0.494 e. The molecule has 0 aliphatic rings. The van der Waals surface area contributed by atoms with Crippen LogP contribution in [0, 0.1) is 5.92 Å². The number of hydrogen-bond donors (Lipinski definition) is 2. The Labute approximate surface area is 193 Å². The van der Waals surface area contributed by atoms with Crippen LogP contribution in [-0.4, -0.2) is 40.7 Å². The monoisotopic (exact) mass is 491 g/mol. The first-order valence-corrected chi connectivity index (χ1v) is 12.9. The van der Waals surface area contributed by atoms with Crippen molar-refractivity contribution >= 4 is 65.4 Å². The van der Waals surface area contributed by atoms with Gasteiger partial charge < -0.3 is 10.1 Å². The highest BCUT2D eigenvalue weighted by Crippen LogP contribution is 2.30. The molecule has 2 N–H and O–H groups in total. The normalized spacial score (nSPS) is 13.0. The highest BCUT2D eigenvalue weighted by Gasteiger charge is 2.30. The number of thiazole rings is 1. The van der Waals surface area contributed by atoms with E-state index in [4.69, 9.17) is 4.74 Å². The zero-order valence-electron chi connectivity index (χ0n) is 17.5. The van der Waals surface area contributed by atoms with Crippen LogP contribution in [0.5, 0.6) is 5.75 Å². The van der Waals surface area contributed by atoms with E-state index in [1.165, 1.54) is 17.4 Å². The van der Waals surface area contributed by atoms with Crippen molar-refractivity contribution in [2.24, 2.45) is 5.92 Å². The van der Waals surface area contributed by atoms with Gasteiger partial charge in [0.15, 0.2) is 5.13 Å². The number of sulfonamides is 1. The van der Waals surface area contributed by atoms with Gasteiger partial charge in [0.05, 0.1) is 28.6 Å². The van der Waals surface area contributed by atoms with Gasteiger partial charge in [-0.15, -0.1) is 0 Å². The second-order valence-electron chi connectivity index (χ2n) is 7.30. The number of amides is 1. The smallest absolute Gasteiger partial charge is 0.244 e. The summed E-state index contributed by atoms with van der Waals surface area (Å²) in [5.41, 5.74) is 1.49. The number of rotatable bonds is 8. The van der Waals surface area contributed by atoms with E-state index in [-0.39, 0.29) is 16.3 Å². The molecule has 1 atom stereocenters. The van der Waals surface area contributed by atoms with Crippen LogP contribution in [0.1, 0.15) is 20.8 Å². The molecular weight excluding hydrogens is 470 g/mol. The number of nitrogens with zero attached hydrogens (tertiary/aromatic N) is 3. The minimum atomic E-state index is -4.02. The zero-order valence-corrected chi connectivity index (χ0v) is 20.0. The average molecular weight is 492 g/mol. The number of benzene rings is 2. The second-order valence-corrected chi connectivity index (χ2v) is 10.5. The van der Waals surface area contributed by atoms with Gasteiger partial charge in [-0.05, 0) is 43.2 Å². The largest absolute Gasteiger partial charge is 0.494 e. The van der Waals surface area contributed by atoms with Crippen LogP contribution in [-0.2, 0) is 14.8 Å². The van der Waals surface area contributed by atoms with Gasteiger partial charge in [0.25, 0.3) is 0 Å². The lowest BCUT2D eigenvalue weighted by molar-refractivity contribution is -0.118. The average Bonchev–Trinajstić information content (AvgIpc) is 3.37. The van der Waals surface area contributed by atoms with Crippen molar-refractivity contribution in [3.05, 3.63) is 36.4 Å². The number of ether oxygens (including phenoxy) is 1.